The van der Waals surface area contributed by atoms with Gasteiger partial charge in [-0.2, -0.15) is 0 Å². The molecule has 0 spiro atoms. The van der Waals surface area contributed by atoms with Crippen molar-refractivity contribution >= 4 is 21.4 Å². The number of amides is 1. The van der Waals surface area contributed by atoms with Gasteiger partial charge in [-0.1, -0.05) is 0 Å². The minimum absolute atomic E-state index is 0.167. The van der Waals surface area contributed by atoms with Crippen LogP contribution in [0.15, 0.2) is 23.1 Å². The van der Waals surface area contributed by atoms with Gasteiger partial charge in [0.15, 0.2) is 9.84 Å². The summed E-state index contributed by atoms with van der Waals surface area (Å²) in [5, 5.41) is 2.67. The number of carbonyl (C=O) groups is 1. The highest BCUT2D eigenvalue weighted by molar-refractivity contribution is 7.92. The highest BCUT2D eigenvalue weighted by Gasteiger charge is 2.27. The number of benzene rings is 1. The molecule has 1 saturated carbocycles. The van der Waals surface area contributed by atoms with Crippen LogP contribution in [0.3, 0.4) is 0 Å². The maximum Gasteiger partial charge on any atom is 0.235 e. The zero-order valence-electron chi connectivity index (χ0n) is 10.1. The predicted molar refractivity (Wildman–Crippen MR) is 68.8 cm³/mol. The lowest BCUT2D eigenvalue weighted by molar-refractivity contribution is -0.118. The van der Waals surface area contributed by atoms with Gasteiger partial charge in [0.05, 0.1) is 4.90 Å². The molecule has 1 aromatic carbocycles. The van der Waals surface area contributed by atoms with E-state index in [1.165, 1.54) is 12.1 Å². The number of hydrogen-bond donors (Lipinski definition) is 2. The van der Waals surface area contributed by atoms with Gasteiger partial charge in [-0.3, -0.25) is 4.79 Å². The van der Waals surface area contributed by atoms with Gasteiger partial charge in [-0.05, 0) is 43.5 Å². The molecule has 6 heteroatoms. The molecule has 0 unspecified atom stereocenters. The van der Waals surface area contributed by atoms with Gasteiger partial charge < -0.3 is 11.1 Å². The second-order valence-corrected chi connectivity index (χ2v) is 6.58. The highest BCUT2D eigenvalue weighted by atomic mass is 32.2. The number of sulfone groups is 1. The summed E-state index contributed by atoms with van der Waals surface area (Å²) >= 11 is 0. The SMILES string of the molecule is Cc1cc(N)ccc1S(=O)(=O)CC(=O)NC1CC1. The summed E-state index contributed by atoms with van der Waals surface area (Å²) in [6.07, 6.45) is 1.87. The molecule has 1 amide bonds. The third kappa shape index (κ3) is 3.01. The van der Waals surface area contributed by atoms with Crippen molar-refractivity contribution in [3.05, 3.63) is 23.8 Å². The Morgan fingerprint density at radius 3 is 2.67 bits per heavy atom. The van der Waals surface area contributed by atoms with Crippen molar-refractivity contribution in [2.75, 3.05) is 11.5 Å². The molecule has 1 fully saturated rings. The lowest BCUT2D eigenvalue weighted by Gasteiger charge is -2.08. The number of hydrogen-bond acceptors (Lipinski definition) is 4. The number of nitrogens with one attached hydrogen (secondary N) is 1. The number of nitrogen functional groups attached to an aromatic ring is 1. The van der Waals surface area contributed by atoms with E-state index in [0.29, 0.717) is 11.3 Å². The molecule has 0 bridgehead atoms. The summed E-state index contributed by atoms with van der Waals surface area (Å²) in [6.45, 7) is 1.67. The fourth-order valence-electron chi connectivity index (χ4n) is 1.77. The topological polar surface area (TPSA) is 89.3 Å². The number of nitrogens with two attached hydrogens (primary N) is 1. The smallest absolute Gasteiger partial charge is 0.235 e. The Morgan fingerprint density at radius 1 is 1.44 bits per heavy atom. The summed E-state index contributed by atoms with van der Waals surface area (Å²) in [7, 11) is -3.59. The zero-order chi connectivity index (χ0) is 13.3. The van der Waals surface area contributed by atoms with E-state index >= 15 is 0 Å². The first-order valence-corrected chi connectivity index (χ1v) is 7.42. The summed E-state index contributed by atoms with van der Waals surface area (Å²) in [5.74, 6) is -0.942. The first-order valence-electron chi connectivity index (χ1n) is 5.77. The quantitative estimate of drug-likeness (QED) is 0.784. The van der Waals surface area contributed by atoms with E-state index < -0.39 is 21.5 Å². The lowest BCUT2D eigenvalue weighted by atomic mass is 10.2. The lowest BCUT2D eigenvalue weighted by Crippen LogP contribution is -2.32. The van der Waals surface area contributed by atoms with Crippen molar-refractivity contribution in [2.45, 2.75) is 30.7 Å². The summed E-state index contributed by atoms with van der Waals surface area (Å²) in [5.41, 5.74) is 6.64. The van der Waals surface area contributed by atoms with Crippen LogP contribution in [0.5, 0.6) is 0 Å². The molecule has 0 saturated heterocycles. The molecule has 2 rings (SSSR count). The van der Waals surface area contributed by atoms with Crippen molar-refractivity contribution in [3.8, 4) is 0 Å². The molecule has 0 atom stereocenters. The Morgan fingerprint density at radius 2 is 2.11 bits per heavy atom. The summed E-state index contributed by atoms with van der Waals surface area (Å²) in [4.78, 5) is 11.7. The molecule has 0 aromatic heterocycles. The van der Waals surface area contributed by atoms with Gasteiger partial charge in [-0.25, -0.2) is 8.42 Å². The molecule has 3 N–H and O–H groups in total. The van der Waals surface area contributed by atoms with Crippen molar-refractivity contribution in [2.24, 2.45) is 0 Å². The van der Waals surface area contributed by atoms with Gasteiger partial charge in [-0.15, -0.1) is 0 Å². The molecule has 1 aromatic rings. The van der Waals surface area contributed by atoms with Crippen molar-refractivity contribution in [1.29, 1.82) is 0 Å². The highest BCUT2D eigenvalue weighted by Crippen LogP contribution is 2.21. The second kappa shape index (κ2) is 4.61. The molecule has 98 valence electrons. The normalized spacial score (nSPS) is 15.4. The van der Waals surface area contributed by atoms with E-state index in [1.54, 1.807) is 13.0 Å². The van der Waals surface area contributed by atoms with Gasteiger partial charge in [0.25, 0.3) is 0 Å². The van der Waals surface area contributed by atoms with Gasteiger partial charge in [0.2, 0.25) is 5.91 Å². The van der Waals surface area contributed by atoms with Crippen molar-refractivity contribution in [3.63, 3.8) is 0 Å². The third-order valence-corrected chi connectivity index (χ3v) is 4.57. The molecule has 1 aliphatic carbocycles. The molecule has 5 nitrogen and oxygen atoms in total. The Hall–Kier alpha value is -1.56. The van der Waals surface area contributed by atoms with Crippen LogP contribution < -0.4 is 11.1 Å². The minimum atomic E-state index is -3.59. The summed E-state index contributed by atoms with van der Waals surface area (Å²) in [6, 6.07) is 4.73. The van der Waals surface area contributed by atoms with Crippen LogP contribution in [0.2, 0.25) is 0 Å². The molecule has 18 heavy (non-hydrogen) atoms. The monoisotopic (exact) mass is 268 g/mol. The Bertz CT molecular complexity index is 577. The van der Waals surface area contributed by atoms with Crippen molar-refractivity contribution < 1.29 is 13.2 Å². The van der Waals surface area contributed by atoms with Crippen LogP contribution >= 0.6 is 0 Å². The van der Waals surface area contributed by atoms with E-state index in [0.717, 1.165) is 12.8 Å². The van der Waals surface area contributed by atoms with Crippen LogP contribution in [-0.4, -0.2) is 26.1 Å². The van der Waals surface area contributed by atoms with Gasteiger partial charge >= 0.3 is 0 Å². The molecule has 0 aliphatic heterocycles. The molecule has 0 radical (unpaired) electrons. The maximum absolute atomic E-state index is 12.1. The maximum atomic E-state index is 12.1. The number of aryl methyl sites for hydroxylation is 1. The van der Waals surface area contributed by atoms with E-state index in [4.69, 9.17) is 5.73 Å². The standard InChI is InChI=1S/C12H16N2O3S/c1-8-6-9(13)2-5-11(8)18(16,17)7-12(15)14-10-3-4-10/h2,5-6,10H,3-4,7,13H2,1H3,(H,14,15). The van der Waals surface area contributed by atoms with Crippen LogP contribution in [0.25, 0.3) is 0 Å². The van der Waals surface area contributed by atoms with E-state index in [1.807, 2.05) is 0 Å². The molecule has 1 aliphatic rings. The Labute approximate surface area is 106 Å². The van der Waals surface area contributed by atoms with Crippen LogP contribution in [0.4, 0.5) is 5.69 Å². The van der Waals surface area contributed by atoms with Gasteiger partial charge in [0.1, 0.15) is 5.75 Å². The molecule has 0 heterocycles. The number of carbonyl (C=O) groups excluding carboxylic acids is 1. The fraction of sp³-hybridized carbons (Fsp3) is 0.417. The van der Waals surface area contributed by atoms with Crippen LogP contribution in [0, 0.1) is 6.92 Å². The Kier molecular flexibility index (Phi) is 3.30. The first kappa shape index (κ1) is 12.9. The van der Waals surface area contributed by atoms with Crippen molar-refractivity contribution in [1.82, 2.24) is 5.32 Å². The fourth-order valence-corrected chi connectivity index (χ4v) is 3.18. The number of rotatable bonds is 4. The second-order valence-electron chi connectivity index (χ2n) is 4.63. The van der Waals surface area contributed by atoms with Gasteiger partial charge in [0, 0.05) is 11.7 Å². The first-order chi connectivity index (χ1) is 8.38. The third-order valence-electron chi connectivity index (χ3n) is 2.80. The van der Waals surface area contributed by atoms with Crippen LogP contribution in [-0.2, 0) is 14.6 Å². The van der Waals surface area contributed by atoms with E-state index in [9.17, 15) is 13.2 Å². The predicted octanol–water partition coefficient (Wildman–Crippen LogP) is 0.630. The molecular formula is C12H16N2O3S. The number of anilines is 1. The largest absolute Gasteiger partial charge is 0.399 e. The average Bonchev–Trinajstić information content (AvgIpc) is 2.99. The van der Waals surface area contributed by atoms with Crippen LogP contribution in [0.1, 0.15) is 18.4 Å². The average molecular weight is 268 g/mol. The minimum Gasteiger partial charge on any atom is -0.399 e. The Balaban J connectivity index is 2.16. The molecular weight excluding hydrogens is 252 g/mol. The zero-order valence-corrected chi connectivity index (χ0v) is 11.0. The summed E-state index contributed by atoms with van der Waals surface area (Å²) < 4.78 is 24.1. The van der Waals surface area contributed by atoms with E-state index in [2.05, 4.69) is 5.32 Å². The van der Waals surface area contributed by atoms with E-state index in [-0.39, 0.29) is 10.9 Å².